The molecule has 1 fully saturated rings. The molecule has 3 aromatic rings. The van der Waals surface area contributed by atoms with E-state index in [-0.39, 0.29) is 17.8 Å². The van der Waals surface area contributed by atoms with Crippen LogP contribution in [0.5, 0.6) is 0 Å². The van der Waals surface area contributed by atoms with Crippen molar-refractivity contribution in [3.05, 3.63) is 35.1 Å². The summed E-state index contributed by atoms with van der Waals surface area (Å²) >= 11 is 7.44. The molecule has 4 rings (SSSR count). The summed E-state index contributed by atoms with van der Waals surface area (Å²) in [6, 6.07) is 7.71. The maximum Gasteiger partial charge on any atom is 0.293 e. The molecule has 0 N–H and O–H groups in total. The van der Waals surface area contributed by atoms with Crippen LogP contribution in [-0.2, 0) is 0 Å². The molecule has 2 aromatic heterocycles. The molecular formula is C16H16ClN5OS. The fourth-order valence-corrected chi connectivity index (χ4v) is 4.04. The molecule has 0 saturated carbocycles. The highest BCUT2D eigenvalue weighted by Crippen LogP contribution is 2.28. The number of halogens is 1. The third-order valence-electron chi connectivity index (χ3n) is 4.32. The summed E-state index contributed by atoms with van der Waals surface area (Å²) in [6.07, 6.45) is 3.22. The van der Waals surface area contributed by atoms with Crippen LogP contribution in [0.15, 0.2) is 24.3 Å². The average Bonchev–Trinajstić information content (AvgIpc) is 3.15. The predicted octanol–water partition coefficient (Wildman–Crippen LogP) is 3.52. The smallest absolute Gasteiger partial charge is 0.293 e. The van der Waals surface area contributed by atoms with Crippen LogP contribution in [0.2, 0.25) is 5.02 Å². The molecule has 1 aliphatic heterocycles. The summed E-state index contributed by atoms with van der Waals surface area (Å²) in [4.78, 5) is 15.3. The second-order valence-corrected chi connectivity index (χ2v) is 7.37. The third kappa shape index (κ3) is 2.67. The number of hydrogen-bond acceptors (Lipinski definition) is 5. The van der Waals surface area contributed by atoms with Gasteiger partial charge < -0.3 is 4.90 Å². The maximum atomic E-state index is 12.8. The molecule has 1 amide bonds. The van der Waals surface area contributed by atoms with Gasteiger partial charge in [0.15, 0.2) is 0 Å². The summed E-state index contributed by atoms with van der Waals surface area (Å²) in [5, 5.41) is 14.1. The molecule has 1 unspecified atom stereocenters. The average molecular weight is 362 g/mol. The number of nitrogens with zero attached hydrogens (tertiary/aromatic N) is 5. The van der Waals surface area contributed by atoms with Gasteiger partial charge in [0, 0.05) is 23.2 Å². The number of piperidine rings is 1. The lowest BCUT2D eigenvalue weighted by atomic mass is 10.0. The molecule has 1 atom stereocenters. The SMILES string of the molecule is CC1CCCCN1C(=O)c1nnc2sc(-c3cccc(Cl)c3)nn12. The van der Waals surface area contributed by atoms with Crippen LogP contribution in [0.4, 0.5) is 0 Å². The molecule has 1 aliphatic rings. The number of rotatable bonds is 2. The number of likely N-dealkylation sites (tertiary alicyclic amines) is 1. The van der Waals surface area contributed by atoms with E-state index in [2.05, 4.69) is 22.2 Å². The topological polar surface area (TPSA) is 63.4 Å². The molecule has 0 bridgehead atoms. The van der Waals surface area contributed by atoms with Crippen molar-refractivity contribution in [3.63, 3.8) is 0 Å². The van der Waals surface area contributed by atoms with Crippen molar-refractivity contribution in [2.45, 2.75) is 32.2 Å². The van der Waals surface area contributed by atoms with Crippen LogP contribution in [0.25, 0.3) is 15.5 Å². The monoisotopic (exact) mass is 361 g/mol. The van der Waals surface area contributed by atoms with Crippen LogP contribution >= 0.6 is 22.9 Å². The summed E-state index contributed by atoms with van der Waals surface area (Å²) in [6.45, 7) is 2.84. The van der Waals surface area contributed by atoms with E-state index in [0.29, 0.717) is 9.98 Å². The Kier molecular flexibility index (Phi) is 3.97. The lowest BCUT2D eigenvalue weighted by molar-refractivity contribution is 0.0620. The van der Waals surface area contributed by atoms with Crippen LogP contribution < -0.4 is 0 Å². The summed E-state index contributed by atoms with van der Waals surface area (Å²) in [5.41, 5.74) is 0.905. The first-order valence-electron chi connectivity index (χ1n) is 7.92. The Balaban J connectivity index is 1.71. The van der Waals surface area contributed by atoms with Crippen molar-refractivity contribution < 1.29 is 4.79 Å². The highest BCUT2D eigenvalue weighted by atomic mass is 35.5. The zero-order chi connectivity index (χ0) is 16.7. The van der Waals surface area contributed by atoms with Crippen molar-refractivity contribution in [3.8, 4) is 10.6 Å². The Morgan fingerprint density at radius 2 is 2.21 bits per heavy atom. The van der Waals surface area contributed by atoms with Gasteiger partial charge in [0.05, 0.1) is 0 Å². The Bertz CT molecular complexity index is 905. The molecular weight excluding hydrogens is 346 g/mol. The number of fused-ring (bicyclic) bond motifs is 1. The molecule has 6 nitrogen and oxygen atoms in total. The van der Waals surface area contributed by atoms with E-state index in [1.54, 1.807) is 4.52 Å². The van der Waals surface area contributed by atoms with Gasteiger partial charge in [-0.3, -0.25) is 4.79 Å². The van der Waals surface area contributed by atoms with Gasteiger partial charge in [-0.1, -0.05) is 35.1 Å². The van der Waals surface area contributed by atoms with Gasteiger partial charge in [0.2, 0.25) is 10.8 Å². The van der Waals surface area contributed by atoms with E-state index in [4.69, 9.17) is 11.6 Å². The van der Waals surface area contributed by atoms with Gasteiger partial charge in [-0.05, 0) is 38.3 Å². The summed E-state index contributed by atoms with van der Waals surface area (Å²) in [7, 11) is 0. The van der Waals surface area contributed by atoms with E-state index >= 15 is 0 Å². The predicted molar refractivity (Wildman–Crippen MR) is 93.5 cm³/mol. The van der Waals surface area contributed by atoms with Crippen molar-refractivity contribution in [1.29, 1.82) is 0 Å². The zero-order valence-corrected chi connectivity index (χ0v) is 14.7. The van der Waals surface area contributed by atoms with Crippen molar-refractivity contribution in [2.75, 3.05) is 6.54 Å². The Labute approximate surface area is 148 Å². The number of carbonyl (C=O) groups excluding carboxylic acids is 1. The molecule has 0 radical (unpaired) electrons. The van der Waals surface area contributed by atoms with Gasteiger partial charge in [-0.25, -0.2) is 0 Å². The largest absolute Gasteiger partial charge is 0.333 e. The van der Waals surface area contributed by atoms with Gasteiger partial charge in [-0.15, -0.1) is 10.2 Å². The van der Waals surface area contributed by atoms with E-state index in [1.807, 2.05) is 29.2 Å². The van der Waals surface area contributed by atoms with Crippen molar-refractivity contribution in [1.82, 2.24) is 24.7 Å². The number of benzene rings is 1. The van der Waals surface area contributed by atoms with Crippen LogP contribution in [0.3, 0.4) is 0 Å². The zero-order valence-electron chi connectivity index (χ0n) is 13.1. The number of aromatic nitrogens is 4. The Morgan fingerprint density at radius 1 is 1.33 bits per heavy atom. The standard InChI is InChI=1S/C16H16ClN5OS/c1-10-5-2-3-8-21(10)15(23)13-18-19-16-22(13)20-14(24-16)11-6-4-7-12(17)9-11/h4,6-7,9-10H,2-3,5,8H2,1H3. The van der Waals surface area contributed by atoms with E-state index in [1.165, 1.54) is 11.3 Å². The van der Waals surface area contributed by atoms with E-state index in [0.717, 1.165) is 36.4 Å². The second-order valence-electron chi connectivity index (χ2n) is 5.98. The molecule has 1 saturated heterocycles. The minimum atomic E-state index is -0.0994. The lowest BCUT2D eigenvalue weighted by Gasteiger charge is -2.32. The quantitative estimate of drug-likeness (QED) is 0.700. The van der Waals surface area contributed by atoms with Gasteiger partial charge in [-0.2, -0.15) is 9.61 Å². The molecule has 0 aliphatic carbocycles. The van der Waals surface area contributed by atoms with Crippen LogP contribution in [-0.4, -0.2) is 43.2 Å². The number of amides is 1. The molecule has 3 heterocycles. The van der Waals surface area contributed by atoms with Crippen LogP contribution in [0.1, 0.15) is 36.8 Å². The Hall–Kier alpha value is -1.99. The third-order valence-corrected chi connectivity index (χ3v) is 5.50. The molecule has 8 heteroatoms. The van der Waals surface area contributed by atoms with E-state index in [9.17, 15) is 4.79 Å². The molecule has 1 aromatic carbocycles. The normalized spacial score (nSPS) is 18.2. The first kappa shape index (κ1) is 15.5. The van der Waals surface area contributed by atoms with E-state index < -0.39 is 0 Å². The Morgan fingerprint density at radius 3 is 3.00 bits per heavy atom. The van der Waals surface area contributed by atoms with Crippen LogP contribution in [0, 0.1) is 0 Å². The number of hydrogen-bond donors (Lipinski definition) is 0. The highest BCUT2D eigenvalue weighted by Gasteiger charge is 2.28. The fraction of sp³-hybridized carbons (Fsp3) is 0.375. The van der Waals surface area contributed by atoms with Gasteiger partial charge in [0.25, 0.3) is 5.91 Å². The summed E-state index contributed by atoms with van der Waals surface area (Å²) in [5.74, 6) is 0.181. The fourth-order valence-electron chi connectivity index (χ4n) is 3.02. The molecule has 0 spiro atoms. The minimum Gasteiger partial charge on any atom is -0.333 e. The second kappa shape index (κ2) is 6.14. The first-order chi connectivity index (χ1) is 11.6. The summed E-state index contributed by atoms with van der Waals surface area (Å²) < 4.78 is 1.55. The highest BCUT2D eigenvalue weighted by molar-refractivity contribution is 7.19. The molecule has 124 valence electrons. The number of carbonyl (C=O) groups is 1. The first-order valence-corrected chi connectivity index (χ1v) is 9.12. The maximum absolute atomic E-state index is 12.8. The minimum absolute atomic E-state index is 0.0994. The van der Waals surface area contributed by atoms with Crippen molar-refractivity contribution >= 4 is 33.8 Å². The van der Waals surface area contributed by atoms with Crippen molar-refractivity contribution in [2.24, 2.45) is 0 Å². The lowest BCUT2D eigenvalue weighted by Crippen LogP contribution is -2.42. The van der Waals surface area contributed by atoms with Gasteiger partial charge in [0.1, 0.15) is 5.01 Å². The van der Waals surface area contributed by atoms with Gasteiger partial charge >= 0.3 is 0 Å². The molecule has 24 heavy (non-hydrogen) atoms.